The third-order valence-corrected chi connectivity index (χ3v) is 6.75. The Hall–Kier alpha value is -3.45. The minimum Gasteiger partial charge on any atom is -0.457 e. The van der Waals surface area contributed by atoms with E-state index in [0.717, 1.165) is 18.6 Å². The van der Waals surface area contributed by atoms with Crippen molar-refractivity contribution in [2.75, 3.05) is 0 Å². The molecule has 1 saturated heterocycles. The minimum absolute atomic E-state index is 0.114. The highest BCUT2D eigenvalue weighted by Gasteiger charge is 2.44. The molecule has 1 fully saturated rings. The molecule has 0 aromatic heterocycles. The van der Waals surface area contributed by atoms with Crippen LogP contribution in [0.4, 0.5) is 4.79 Å². The number of carbonyl (C=O) groups excluding carboxylic acids is 2. The van der Waals surface area contributed by atoms with Crippen LogP contribution in [-0.2, 0) is 10.3 Å². The van der Waals surface area contributed by atoms with Crippen LogP contribution in [0.5, 0.6) is 23.0 Å². The summed E-state index contributed by atoms with van der Waals surface area (Å²) in [5.41, 5.74) is -0.413. The fraction of sp³-hybridized carbons (Fsp3) is 0.286. The van der Waals surface area contributed by atoms with Crippen LogP contribution in [-0.4, -0.2) is 16.6 Å². The Balaban J connectivity index is 1.49. The third kappa shape index (κ3) is 5.98. The summed E-state index contributed by atoms with van der Waals surface area (Å²) in [6.07, 6.45) is 1.37. The van der Waals surface area contributed by atoms with Gasteiger partial charge in [0, 0.05) is 17.7 Å². The number of hydrogen-bond acceptors (Lipinski definition) is 6. The molecular formula is C28H29NO5S. The summed E-state index contributed by atoms with van der Waals surface area (Å²) in [5, 5.41) is 2.18. The number of amides is 1. The first-order valence-corrected chi connectivity index (χ1v) is 12.5. The van der Waals surface area contributed by atoms with Crippen molar-refractivity contribution in [1.82, 2.24) is 5.32 Å². The number of thioether (sulfide) groups is 1. The Morgan fingerprint density at radius 2 is 1.49 bits per heavy atom. The van der Waals surface area contributed by atoms with Crippen LogP contribution in [0.15, 0.2) is 78.9 Å². The quantitative estimate of drug-likeness (QED) is 0.311. The van der Waals surface area contributed by atoms with Crippen LogP contribution >= 0.6 is 11.8 Å². The molecule has 0 radical (unpaired) electrons. The van der Waals surface area contributed by atoms with Gasteiger partial charge in [-0.05, 0) is 67.4 Å². The number of benzene rings is 3. The molecule has 3 atom stereocenters. The van der Waals surface area contributed by atoms with E-state index < -0.39 is 11.8 Å². The van der Waals surface area contributed by atoms with Crippen molar-refractivity contribution < 1.29 is 23.8 Å². The molecule has 1 heterocycles. The van der Waals surface area contributed by atoms with Crippen molar-refractivity contribution in [1.29, 1.82) is 0 Å². The zero-order chi connectivity index (χ0) is 24.8. The molecule has 0 saturated carbocycles. The first kappa shape index (κ1) is 24.7. The molecule has 0 spiro atoms. The first-order valence-electron chi connectivity index (χ1n) is 11.7. The zero-order valence-electron chi connectivity index (χ0n) is 20.0. The van der Waals surface area contributed by atoms with E-state index in [9.17, 15) is 9.59 Å². The van der Waals surface area contributed by atoms with Gasteiger partial charge in [0.1, 0.15) is 28.5 Å². The smallest absolute Gasteiger partial charge is 0.287 e. The Labute approximate surface area is 210 Å². The molecule has 3 unspecified atom stereocenters. The van der Waals surface area contributed by atoms with Gasteiger partial charge in [-0.2, -0.15) is 0 Å². The summed E-state index contributed by atoms with van der Waals surface area (Å²) >= 11 is 0.692. The molecule has 4 rings (SSSR count). The van der Waals surface area contributed by atoms with Gasteiger partial charge in [-0.25, -0.2) is 0 Å². The van der Waals surface area contributed by atoms with Gasteiger partial charge in [0.25, 0.3) is 5.24 Å². The van der Waals surface area contributed by atoms with Crippen molar-refractivity contribution in [3.05, 3.63) is 84.4 Å². The van der Waals surface area contributed by atoms with Crippen LogP contribution < -0.4 is 19.5 Å². The summed E-state index contributed by atoms with van der Waals surface area (Å²) < 4.78 is 18.4. The second kappa shape index (κ2) is 10.9. The molecule has 0 bridgehead atoms. The Morgan fingerprint density at radius 1 is 0.857 bits per heavy atom. The number of carbonyl (C=O) groups is 2. The van der Waals surface area contributed by atoms with E-state index in [1.807, 2.05) is 72.8 Å². The van der Waals surface area contributed by atoms with Gasteiger partial charge in [-0.1, -0.05) is 50.6 Å². The molecule has 1 amide bonds. The van der Waals surface area contributed by atoms with E-state index >= 15 is 0 Å². The largest absolute Gasteiger partial charge is 0.457 e. The molecule has 3 aromatic rings. The van der Waals surface area contributed by atoms with Crippen molar-refractivity contribution in [2.45, 2.75) is 45.4 Å². The number of hydrogen-bond donors (Lipinski definition) is 1. The number of ether oxygens (including phenoxy) is 3. The maximum atomic E-state index is 12.4. The van der Waals surface area contributed by atoms with Crippen molar-refractivity contribution in [3.8, 4) is 23.0 Å². The van der Waals surface area contributed by atoms with E-state index in [1.165, 1.54) is 0 Å². The molecule has 0 aliphatic carbocycles. The lowest BCUT2D eigenvalue weighted by Gasteiger charge is -2.27. The molecule has 3 aromatic carbocycles. The van der Waals surface area contributed by atoms with Crippen LogP contribution in [0.25, 0.3) is 0 Å². The van der Waals surface area contributed by atoms with Gasteiger partial charge in [0.15, 0.2) is 0 Å². The van der Waals surface area contributed by atoms with Crippen molar-refractivity contribution in [3.63, 3.8) is 0 Å². The molecule has 182 valence electrons. The van der Waals surface area contributed by atoms with Gasteiger partial charge >= 0.3 is 0 Å². The van der Waals surface area contributed by atoms with E-state index in [-0.39, 0.29) is 16.3 Å². The molecular weight excluding hydrogens is 462 g/mol. The second-order valence-electron chi connectivity index (χ2n) is 8.71. The van der Waals surface area contributed by atoms with Crippen LogP contribution in [0, 0.1) is 5.92 Å². The van der Waals surface area contributed by atoms with E-state index in [2.05, 4.69) is 19.2 Å². The Morgan fingerprint density at radius 3 is 2.14 bits per heavy atom. The molecule has 7 heteroatoms. The lowest BCUT2D eigenvalue weighted by molar-refractivity contribution is -0.115. The summed E-state index contributed by atoms with van der Waals surface area (Å²) in [4.78, 5) is 24.2. The number of rotatable bonds is 10. The topological polar surface area (TPSA) is 73.9 Å². The van der Waals surface area contributed by atoms with Crippen molar-refractivity contribution >= 4 is 22.1 Å². The summed E-state index contributed by atoms with van der Waals surface area (Å²) in [5.74, 6) is 2.83. The monoisotopic (exact) mass is 491 g/mol. The Bertz CT molecular complexity index is 1170. The molecule has 1 N–H and O–H groups in total. The summed E-state index contributed by atoms with van der Waals surface area (Å²) in [6.45, 7) is 5.92. The molecule has 1 aliphatic rings. The van der Waals surface area contributed by atoms with E-state index in [0.29, 0.717) is 34.6 Å². The predicted octanol–water partition coefficient (Wildman–Crippen LogP) is 6.90. The zero-order valence-corrected chi connectivity index (χ0v) is 20.8. The van der Waals surface area contributed by atoms with Crippen LogP contribution in [0.1, 0.15) is 39.2 Å². The summed E-state index contributed by atoms with van der Waals surface area (Å²) in [7, 11) is 0. The lowest BCUT2D eigenvalue weighted by atomic mass is 9.93. The highest BCUT2D eigenvalue weighted by Crippen LogP contribution is 2.35. The van der Waals surface area contributed by atoms with Gasteiger partial charge in [0.05, 0.1) is 0 Å². The number of para-hydroxylation sites is 1. The fourth-order valence-corrected chi connectivity index (χ4v) is 4.66. The second-order valence-corrected chi connectivity index (χ2v) is 9.66. The normalized spacial score (nSPS) is 19.1. The predicted molar refractivity (Wildman–Crippen MR) is 137 cm³/mol. The standard InChI is InChI=1S/C28H29NO5S/c1-4-9-19(2)25(33-23-16-14-22(15-17-23)32-21-11-6-5-7-12-21)34-24-13-8-10-20(18-24)28(3)26(30)35-27(31)29-28/h5-8,10-19,25H,4,9H2,1-3H3,(H,29,31). The SMILES string of the molecule is CCCC(C)C(Oc1ccc(Oc2ccccc2)cc1)Oc1cccc(C2(C)NC(=O)SC2=O)c1. The number of nitrogens with one attached hydrogen (secondary N) is 1. The highest BCUT2D eigenvalue weighted by molar-refractivity contribution is 8.26. The van der Waals surface area contributed by atoms with Crippen molar-refractivity contribution in [2.24, 2.45) is 5.92 Å². The minimum atomic E-state index is -1.08. The van der Waals surface area contributed by atoms with Gasteiger partial charge in [-0.15, -0.1) is 0 Å². The summed E-state index contributed by atoms with van der Waals surface area (Å²) in [6, 6.07) is 24.3. The van der Waals surface area contributed by atoms with Gasteiger partial charge < -0.3 is 19.5 Å². The van der Waals surface area contributed by atoms with Crippen LogP contribution in [0.3, 0.4) is 0 Å². The fourth-order valence-electron chi connectivity index (χ4n) is 3.86. The van der Waals surface area contributed by atoms with E-state index in [1.54, 1.807) is 13.0 Å². The van der Waals surface area contributed by atoms with Gasteiger partial charge in [0.2, 0.25) is 11.4 Å². The maximum absolute atomic E-state index is 12.4. The van der Waals surface area contributed by atoms with Crippen LogP contribution in [0.2, 0.25) is 0 Å². The molecule has 1 aliphatic heterocycles. The van der Waals surface area contributed by atoms with E-state index in [4.69, 9.17) is 14.2 Å². The Kier molecular flexibility index (Phi) is 7.66. The third-order valence-electron chi connectivity index (χ3n) is 5.87. The average Bonchev–Trinajstić information content (AvgIpc) is 3.13. The lowest BCUT2D eigenvalue weighted by Crippen LogP contribution is -2.40. The average molecular weight is 492 g/mol. The highest BCUT2D eigenvalue weighted by atomic mass is 32.2. The molecule has 35 heavy (non-hydrogen) atoms. The maximum Gasteiger partial charge on any atom is 0.287 e. The molecule has 6 nitrogen and oxygen atoms in total. The first-order chi connectivity index (χ1) is 16.9. The van der Waals surface area contributed by atoms with Gasteiger partial charge in [-0.3, -0.25) is 9.59 Å².